The smallest absolute Gasteiger partial charge is 0.160 e. The van der Waals surface area contributed by atoms with Crippen LogP contribution in [0.15, 0.2) is 48.5 Å². The van der Waals surface area contributed by atoms with Crippen LogP contribution in [0.5, 0.6) is 0 Å². The van der Waals surface area contributed by atoms with Gasteiger partial charge in [0.25, 0.3) is 0 Å². The maximum atomic E-state index is 12.9. The Morgan fingerprint density at radius 1 is 0.926 bits per heavy atom. The van der Waals surface area contributed by atoms with Gasteiger partial charge in [-0.25, -0.2) is 0 Å². The van der Waals surface area contributed by atoms with Gasteiger partial charge < -0.3 is 4.90 Å². The highest BCUT2D eigenvalue weighted by Gasteiger charge is 2.50. The molecule has 0 amide bonds. The molecular weight excluding hydrogens is 332 g/mol. The van der Waals surface area contributed by atoms with Gasteiger partial charge >= 0.3 is 0 Å². The Morgan fingerprint density at radius 2 is 1.70 bits per heavy atom. The van der Waals surface area contributed by atoms with Crippen LogP contribution < -0.4 is 4.90 Å². The molecule has 140 valence electrons. The molecule has 2 aromatic rings. The first-order valence-electron chi connectivity index (χ1n) is 10.3. The number of nitrogens with zero attached hydrogens (tertiary/aromatic N) is 2. The van der Waals surface area contributed by atoms with E-state index in [1.807, 2.05) is 0 Å². The van der Waals surface area contributed by atoms with Crippen LogP contribution in [0.2, 0.25) is 0 Å². The van der Waals surface area contributed by atoms with E-state index in [0.29, 0.717) is 18.2 Å². The zero-order chi connectivity index (χ0) is 18.4. The van der Waals surface area contributed by atoms with Crippen LogP contribution in [-0.4, -0.2) is 41.9 Å². The number of para-hydroxylation sites is 1. The van der Waals surface area contributed by atoms with Gasteiger partial charge in [0.1, 0.15) is 5.54 Å². The van der Waals surface area contributed by atoms with E-state index in [1.54, 1.807) is 5.56 Å². The number of rotatable bonds is 2. The Balaban J connectivity index is 1.32. The Kier molecular flexibility index (Phi) is 4.08. The van der Waals surface area contributed by atoms with E-state index < -0.39 is 0 Å². The monoisotopic (exact) mass is 360 g/mol. The van der Waals surface area contributed by atoms with Gasteiger partial charge in [-0.15, -0.1) is 0 Å². The molecule has 0 radical (unpaired) electrons. The van der Waals surface area contributed by atoms with E-state index in [4.69, 9.17) is 0 Å². The van der Waals surface area contributed by atoms with Gasteiger partial charge in [-0.3, -0.25) is 9.69 Å². The standard InChI is InChI=1S/C24H28N2O/c1-18-6-5-7-19-16-21(17-22(18)19)25-14-11-24(12-15-25)23(27)10-13-26(24)20-8-3-2-4-9-20/h2-9,21H,10-17H2,1H3. The van der Waals surface area contributed by atoms with Gasteiger partial charge in [0.2, 0.25) is 0 Å². The molecule has 0 N–H and O–H groups in total. The average molecular weight is 361 g/mol. The first kappa shape index (κ1) is 17.0. The summed E-state index contributed by atoms with van der Waals surface area (Å²) in [5, 5.41) is 0. The number of hydrogen-bond acceptors (Lipinski definition) is 3. The van der Waals surface area contributed by atoms with Gasteiger partial charge in [0.15, 0.2) is 5.78 Å². The van der Waals surface area contributed by atoms with Gasteiger partial charge in [0, 0.05) is 37.8 Å². The van der Waals surface area contributed by atoms with Crippen LogP contribution in [0.4, 0.5) is 5.69 Å². The van der Waals surface area contributed by atoms with E-state index in [9.17, 15) is 4.79 Å². The number of carbonyl (C=O) groups excluding carboxylic acids is 1. The van der Waals surface area contributed by atoms with E-state index in [1.165, 1.54) is 29.7 Å². The predicted octanol–water partition coefficient (Wildman–Crippen LogP) is 3.78. The maximum absolute atomic E-state index is 12.9. The van der Waals surface area contributed by atoms with E-state index in [0.717, 1.165) is 32.5 Å². The Hall–Kier alpha value is -2.13. The van der Waals surface area contributed by atoms with Crippen molar-refractivity contribution in [2.45, 2.75) is 50.6 Å². The van der Waals surface area contributed by atoms with Crippen molar-refractivity contribution < 1.29 is 4.79 Å². The molecule has 3 aliphatic rings. The highest BCUT2D eigenvalue weighted by atomic mass is 16.1. The maximum Gasteiger partial charge on any atom is 0.160 e. The van der Waals surface area contributed by atoms with Gasteiger partial charge in [0.05, 0.1) is 0 Å². The van der Waals surface area contributed by atoms with Crippen molar-refractivity contribution >= 4 is 11.5 Å². The zero-order valence-corrected chi connectivity index (χ0v) is 16.2. The minimum absolute atomic E-state index is 0.265. The van der Waals surface area contributed by atoms with Crippen molar-refractivity contribution in [1.29, 1.82) is 0 Å². The van der Waals surface area contributed by atoms with Crippen molar-refractivity contribution in [2.24, 2.45) is 0 Å². The quantitative estimate of drug-likeness (QED) is 0.814. The second-order valence-corrected chi connectivity index (χ2v) is 8.50. The molecule has 2 saturated heterocycles. The molecule has 0 saturated carbocycles. The number of hydrogen-bond donors (Lipinski definition) is 0. The molecule has 2 aromatic carbocycles. The molecule has 0 bridgehead atoms. The van der Waals surface area contributed by atoms with E-state index in [-0.39, 0.29) is 5.54 Å². The number of benzene rings is 2. The minimum Gasteiger partial charge on any atom is -0.358 e. The summed E-state index contributed by atoms with van der Waals surface area (Å²) < 4.78 is 0. The van der Waals surface area contributed by atoms with Crippen LogP contribution in [0.1, 0.15) is 36.0 Å². The van der Waals surface area contributed by atoms with Crippen LogP contribution in [-0.2, 0) is 17.6 Å². The third kappa shape index (κ3) is 2.71. The normalized spacial score (nSPS) is 24.6. The first-order chi connectivity index (χ1) is 13.2. The number of likely N-dealkylation sites (tertiary alicyclic amines) is 1. The molecule has 1 aliphatic carbocycles. The molecule has 1 spiro atoms. The van der Waals surface area contributed by atoms with Crippen LogP contribution in [0.25, 0.3) is 0 Å². The molecule has 27 heavy (non-hydrogen) atoms. The van der Waals surface area contributed by atoms with Crippen molar-refractivity contribution in [3.8, 4) is 0 Å². The summed E-state index contributed by atoms with van der Waals surface area (Å²) in [5.41, 5.74) is 5.47. The summed E-state index contributed by atoms with van der Waals surface area (Å²) in [6.07, 6.45) is 4.97. The predicted molar refractivity (Wildman–Crippen MR) is 109 cm³/mol. The molecule has 3 nitrogen and oxygen atoms in total. The summed E-state index contributed by atoms with van der Waals surface area (Å²) in [5.74, 6) is 0.455. The molecular formula is C24H28N2O. The highest BCUT2D eigenvalue weighted by Crippen LogP contribution is 2.40. The number of Topliss-reactive ketones (excluding diaryl/α,β-unsaturated/α-hetero) is 1. The highest BCUT2D eigenvalue weighted by molar-refractivity contribution is 5.95. The fourth-order valence-electron chi connectivity index (χ4n) is 5.67. The zero-order valence-electron chi connectivity index (χ0n) is 16.2. The topological polar surface area (TPSA) is 23.6 Å². The molecule has 1 unspecified atom stereocenters. The molecule has 1 atom stereocenters. The Morgan fingerprint density at radius 3 is 2.44 bits per heavy atom. The Labute approximate surface area is 162 Å². The van der Waals surface area contributed by atoms with Crippen LogP contribution in [0.3, 0.4) is 0 Å². The summed E-state index contributed by atoms with van der Waals surface area (Å²) in [4.78, 5) is 18.0. The van der Waals surface area contributed by atoms with Crippen molar-refractivity contribution in [1.82, 2.24) is 4.90 Å². The summed E-state index contributed by atoms with van der Waals surface area (Å²) in [6.45, 7) is 5.18. The molecule has 0 aromatic heterocycles. The number of carbonyl (C=O) groups is 1. The number of piperidine rings is 1. The fourth-order valence-corrected chi connectivity index (χ4v) is 5.67. The van der Waals surface area contributed by atoms with Gasteiger partial charge in [-0.05, 0) is 61.4 Å². The molecule has 2 aliphatic heterocycles. The molecule has 3 heteroatoms. The lowest BCUT2D eigenvalue weighted by molar-refractivity contribution is -0.123. The Bertz CT molecular complexity index is 852. The lowest BCUT2D eigenvalue weighted by Crippen LogP contribution is -2.57. The van der Waals surface area contributed by atoms with Crippen molar-refractivity contribution in [3.63, 3.8) is 0 Å². The summed E-state index contributed by atoms with van der Waals surface area (Å²) in [6, 6.07) is 17.9. The molecule has 5 rings (SSSR count). The van der Waals surface area contributed by atoms with Gasteiger partial charge in [-0.1, -0.05) is 36.4 Å². The largest absolute Gasteiger partial charge is 0.358 e. The first-order valence-corrected chi connectivity index (χ1v) is 10.3. The summed E-state index contributed by atoms with van der Waals surface area (Å²) in [7, 11) is 0. The number of anilines is 1. The second kappa shape index (κ2) is 6.49. The van der Waals surface area contributed by atoms with Crippen molar-refractivity contribution in [2.75, 3.05) is 24.5 Å². The minimum atomic E-state index is -0.265. The third-order valence-electron chi connectivity index (χ3n) is 7.21. The SMILES string of the molecule is Cc1cccc2c1CC(N1CCC3(CC1)C(=O)CCN3c1ccccc1)C2. The fraction of sp³-hybridized carbons (Fsp3) is 0.458. The molecule has 2 heterocycles. The summed E-state index contributed by atoms with van der Waals surface area (Å²) >= 11 is 0. The number of aryl methyl sites for hydroxylation is 1. The molecule has 2 fully saturated rings. The van der Waals surface area contributed by atoms with E-state index >= 15 is 0 Å². The third-order valence-corrected chi connectivity index (χ3v) is 7.21. The second-order valence-electron chi connectivity index (χ2n) is 8.50. The van der Waals surface area contributed by atoms with E-state index in [2.05, 4.69) is 65.3 Å². The lowest BCUT2D eigenvalue weighted by atomic mass is 9.83. The average Bonchev–Trinajstić information content (AvgIpc) is 3.27. The lowest BCUT2D eigenvalue weighted by Gasteiger charge is -2.46. The number of fused-ring (bicyclic) bond motifs is 1. The van der Waals surface area contributed by atoms with Crippen LogP contribution >= 0.6 is 0 Å². The van der Waals surface area contributed by atoms with Crippen LogP contribution in [0, 0.1) is 6.92 Å². The van der Waals surface area contributed by atoms with Gasteiger partial charge in [-0.2, -0.15) is 0 Å². The van der Waals surface area contributed by atoms with Crippen molar-refractivity contribution in [3.05, 3.63) is 65.2 Å². The number of ketones is 1.